The van der Waals surface area contributed by atoms with Gasteiger partial charge in [-0.3, -0.25) is 4.99 Å². The van der Waals surface area contributed by atoms with Gasteiger partial charge in [-0.25, -0.2) is 0 Å². The second kappa shape index (κ2) is 7.01. The summed E-state index contributed by atoms with van der Waals surface area (Å²) in [5.74, 6) is 3.15. The van der Waals surface area contributed by atoms with Crippen LogP contribution in [0.1, 0.15) is 27.7 Å². The van der Waals surface area contributed by atoms with Crippen molar-refractivity contribution in [2.24, 2.45) is 4.99 Å². The van der Waals surface area contributed by atoms with Gasteiger partial charge < -0.3 is 9.45 Å². The average Bonchev–Trinajstić information content (AvgIpc) is 2.35. The topological polar surface area (TPSA) is 50.7 Å². The Morgan fingerprint density at radius 3 is 2.48 bits per heavy atom. The maximum absolute atomic E-state index is 12.1. The minimum absolute atomic E-state index is 0.0310. The van der Waals surface area contributed by atoms with Crippen molar-refractivity contribution in [1.29, 1.82) is 0 Å². The van der Waals surface area contributed by atoms with Crippen LogP contribution in [0.3, 0.4) is 0 Å². The Kier molecular flexibility index (Phi) is 6.11. The number of allylic oxidation sites excluding steroid dienone is 1. The molecule has 1 heterocycles. The number of hydrogen-bond donors (Lipinski definition) is 1. The molecule has 0 saturated carbocycles. The van der Waals surface area contributed by atoms with Crippen LogP contribution in [0.2, 0.25) is 19.6 Å². The van der Waals surface area contributed by atoms with Crippen LogP contribution in [-0.4, -0.2) is 40.8 Å². The van der Waals surface area contributed by atoms with Crippen LogP contribution in [0.4, 0.5) is 0 Å². The van der Waals surface area contributed by atoms with Gasteiger partial charge in [0.25, 0.3) is 0 Å². The average molecular weight is 326 g/mol. The summed E-state index contributed by atoms with van der Waals surface area (Å²) in [6, 6.07) is 0. The molecule has 0 aliphatic carbocycles. The fraction of sp³-hybridized carbons (Fsp3) is 0.667. The quantitative estimate of drug-likeness (QED) is 0.493. The van der Waals surface area contributed by atoms with Crippen molar-refractivity contribution in [1.82, 2.24) is 9.62 Å². The first-order valence-electron chi connectivity index (χ1n) is 7.19. The minimum Gasteiger partial charge on any atom is -0.598 e. The second-order valence-corrected chi connectivity index (χ2v) is 13.9. The summed E-state index contributed by atoms with van der Waals surface area (Å²) in [6.45, 7) is 15.0. The lowest BCUT2D eigenvalue weighted by Crippen LogP contribution is -2.49. The zero-order valence-corrected chi connectivity index (χ0v) is 16.0. The smallest absolute Gasteiger partial charge is 0.137 e. The number of hydrogen-bond acceptors (Lipinski definition) is 4. The Hall–Kier alpha value is -0.743. The van der Waals surface area contributed by atoms with Crippen LogP contribution in [0.15, 0.2) is 17.3 Å². The summed E-state index contributed by atoms with van der Waals surface area (Å²) in [7, 11) is -1.36. The van der Waals surface area contributed by atoms with Crippen molar-refractivity contribution >= 4 is 25.1 Å². The highest BCUT2D eigenvalue weighted by molar-refractivity contribution is 7.90. The van der Waals surface area contributed by atoms with Gasteiger partial charge in [-0.15, -0.1) is 10.3 Å². The molecule has 0 amide bonds. The van der Waals surface area contributed by atoms with Gasteiger partial charge in [-0.05, 0) is 33.8 Å². The van der Waals surface area contributed by atoms with E-state index < -0.39 is 19.4 Å². The van der Waals surface area contributed by atoms with Gasteiger partial charge in [-0.2, -0.15) is 0 Å². The molecular weight excluding hydrogens is 298 g/mol. The molecule has 0 aromatic rings. The third kappa shape index (κ3) is 6.70. The zero-order valence-electron chi connectivity index (χ0n) is 14.2. The standard InChI is InChI=1S/C15H27N3OSSi/c1-13(17-20(19)15(2,3)4)18-10-8-14(16-12-18)9-11-21(5,6)7/h8,10,13,17H,12H2,1-7H3/t13-,20?/m1/s1. The minimum atomic E-state index is -1.36. The van der Waals surface area contributed by atoms with Crippen LogP contribution in [0.25, 0.3) is 0 Å². The Morgan fingerprint density at radius 1 is 1.43 bits per heavy atom. The zero-order chi connectivity index (χ0) is 16.3. The van der Waals surface area contributed by atoms with Crippen LogP contribution in [0, 0.1) is 11.5 Å². The van der Waals surface area contributed by atoms with E-state index in [0.29, 0.717) is 6.67 Å². The molecule has 1 N–H and O–H groups in total. The molecule has 1 aliphatic rings. The van der Waals surface area contributed by atoms with Gasteiger partial charge in [0.15, 0.2) is 0 Å². The summed E-state index contributed by atoms with van der Waals surface area (Å²) in [6.07, 6.45) is 3.87. The Bertz CT molecular complexity index is 480. The first-order valence-corrected chi connectivity index (χ1v) is 11.8. The first kappa shape index (κ1) is 18.3. The summed E-state index contributed by atoms with van der Waals surface area (Å²) < 4.78 is 14.9. The van der Waals surface area contributed by atoms with Gasteiger partial charge in [0.05, 0.1) is 0 Å². The van der Waals surface area contributed by atoms with E-state index in [4.69, 9.17) is 0 Å². The SMILES string of the molecule is C[C@H](N[S+]([O-])C(C)(C)C)N1C=CC(C#C[Si](C)(C)C)=NC1. The van der Waals surface area contributed by atoms with Crippen LogP contribution >= 0.6 is 0 Å². The van der Waals surface area contributed by atoms with E-state index in [9.17, 15) is 4.55 Å². The Labute approximate surface area is 133 Å². The fourth-order valence-corrected chi connectivity index (χ4v) is 2.71. The van der Waals surface area contributed by atoms with Crippen molar-refractivity contribution in [3.63, 3.8) is 0 Å². The molecule has 0 fully saturated rings. The molecular formula is C15H27N3OSSi. The molecule has 1 aliphatic heterocycles. The summed E-state index contributed by atoms with van der Waals surface area (Å²) in [5.41, 5.74) is 4.14. The van der Waals surface area contributed by atoms with Gasteiger partial charge in [0.2, 0.25) is 0 Å². The molecule has 21 heavy (non-hydrogen) atoms. The molecule has 0 radical (unpaired) electrons. The molecule has 118 valence electrons. The number of rotatable bonds is 3. The molecule has 0 spiro atoms. The van der Waals surface area contributed by atoms with Crippen LogP contribution in [0.5, 0.6) is 0 Å². The summed E-state index contributed by atoms with van der Waals surface area (Å²) in [5, 5.41) is 0. The molecule has 0 aromatic carbocycles. The summed E-state index contributed by atoms with van der Waals surface area (Å²) >= 11 is -1.09. The van der Waals surface area contributed by atoms with Crippen LogP contribution < -0.4 is 4.72 Å². The second-order valence-electron chi connectivity index (χ2n) is 7.19. The maximum Gasteiger partial charge on any atom is 0.137 e. The molecule has 0 aromatic heterocycles. The van der Waals surface area contributed by atoms with Gasteiger partial charge >= 0.3 is 0 Å². The highest BCUT2D eigenvalue weighted by Gasteiger charge is 2.29. The van der Waals surface area contributed by atoms with E-state index >= 15 is 0 Å². The predicted molar refractivity (Wildman–Crippen MR) is 94.9 cm³/mol. The maximum atomic E-state index is 12.1. The van der Waals surface area contributed by atoms with Crippen LogP contribution in [-0.2, 0) is 11.4 Å². The molecule has 0 saturated heterocycles. The molecule has 2 atom stereocenters. The van der Waals surface area contributed by atoms with Crippen molar-refractivity contribution in [3.8, 4) is 11.5 Å². The third-order valence-corrected chi connectivity index (χ3v) is 5.27. The highest BCUT2D eigenvalue weighted by Crippen LogP contribution is 2.15. The van der Waals surface area contributed by atoms with Gasteiger partial charge in [0.1, 0.15) is 31.4 Å². The highest BCUT2D eigenvalue weighted by atomic mass is 32.2. The number of nitrogens with one attached hydrogen (secondary N) is 1. The predicted octanol–water partition coefficient (Wildman–Crippen LogP) is 2.49. The van der Waals surface area contributed by atoms with E-state index in [1.165, 1.54) is 0 Å². The van der Waals surface area contributed by atoms with E-state index in [-0.39, 0.29) is 10.9 Å². The largest absolute Gasteiger partial charge is 0.598 e. The lowest BCUT2D eigenvalue weighted by Gasteiger charge is -2.32. The third-order valence-electron chi connectivity index (χ3n) is 2.73. The van der Waals surface area contributed by atoms with Crippen molar-refractivity contribution in [2.75, 3.05) is 6.67 Å². The van der Waals surface area contributed by atoms with Gasteiger partial charge in [0, 0.05) is 17.6 Å². The van der Waals surface area contributed by atoms with Crippen molar-refractivity contribution < 1.29 is 4.55 Å². The molecule has 0 bridgehead atoms. The van der Waals surface area contributed by atoms with Crippen molar-refractivity contribution in [2.45, 2.75) is 58.2 Å². The molecule has 6 heteroatoms. The van der Waals surface area contributed by atoms with Crippen molar-refractivity contribution in [3.05, 3.63) is 12.3 Å². The monoisotopic (exact) mass is 325 g/mol. The van der Waals surface area contributed by atoms with E-state index in [0.717, 1.165) is 5.71 Å². The molecule has 1 unspecified atom stereocenters. The van der Waals surface area contributed by atoms with Gasteiger partial charge in [-0.1, -0.05) is 25.6 Å². The van der Waals surface area contributed by atoms with E-state index in [1.807, 2.05) is 44.9 Å². The summed E-state index contributed by atoms with van der Waals surface area (Å²) in [4.78, 5) is 6.49. The normalized spacial score (nSPS) is 18.7. The van der Waals surface area contributed by atoms with E-state index in [1.54, 1.807) is 0 Å². The van der Waals surface area contributed by atoms with E-state index in [2.05, 4.69) is 40.8 Å². The Balaban J connectivity index is 2.58. The number of nitrogens with zero attached hydrogens (tertiary/aromatic N) is 2. The molecule has 1 rings (SSSR count). The lowest BCUT2D eigenvalue weighted by molar-refractivity contribution is 0.283. The number of aliphatic imine (C=N–C) groups is 1. The lowest BCUT2D eigenvalue weighted by atomic mass is 10.3. The Morgan fingerprint density at radius 2 is 2.05 bits per heavy atom. The first-order chi connectivity index (χ1) is 9.49. The molecule has 4 nitrogen and oxygen atoms in total. The fourth-order valence-electron chi connectivity index (χ4n) is 1.41.